The highest BCUT2D eigenvalue weighted by Crippen LogP contribution is 2.23. The Balaban J connectivity index is 3.69. The first-order valence-electron chi connectivity index (χ1n) is 6.01. The van der Waals surface area contributed by atoms with Gasteiger partial charge in [-0.1, -0.05) is 19.1 Å². The van der Waals surface area contributed by atoms with Crippen LogP contribution in [0.15, 0.2) is 12.2 Å². The van der Waals surface area contributed by atoms with Gasteiger partial charge in [0.1, 0.15) is 13.2 Å². The summed E-state index contributed by atoms with van der Waals surface area (Å²) < 4.78 is 10.1. The van der Waals surface area contributed by atoms with Crippen molar-refractivity contribution in [3.63, 3.8) is 0 Å². The van der Waals surface area contributed by atoms with Crippen LogP contribution in [0.4, 0.5) is 0 Å². The molecule has 0 aliphatic carbocycles. The van der Waals surface area contributed by atoms with E-state index in [9.17, 15) is 4.79 Å². The fraction of sp³-hybridized carbons (Fsp3) is 0.769. The van der Waals surface area contributed by atoms with Gasteiger partial charge in [-0.25, -0.2) is 9.78 Å². The molecule has 0 aliphatic rings. The quantitative estimate of drug-likeness (QED) is 0.198. The lowest BCUT2D eigenvalue weighted by Gasteiger charge is -2.24. The van der Waals surface area contributed by atoms with Crippen LogP contribution in [-0.4, -0.2) is 39.5 Å². The van der Waals surface area contributed by atoms with Crippen molar-refractivity contribution in [2.45, 2.75) is 27.2 Å². The van der Waals surface area contributed by atoms with Crippen LogP contribution < -0.4 is 0 Å². The van der Waals surface area contributed by atoms with E-state index in [1.807, 2.05) is 20.8 Å². The molecule has 0 rings (SSSR count). The van der Waals surface area contributed by atoms with Gasteiger partial charge < -0.3 is 9.47 Å². The van der Waals surface area contributed by atoms with Gasteiger partial charge in [-0.05, 0) is 20.3 Å². The van der Waals surface area contributed by atoms with Crippen molar-refractivity contribution in [1.82, 2.24) is 0 Å². The number of hydrogen-bond donors (Lipinski definition) is 0. The minimum Gasteiger partial charge on any atom is -0.469 e. The van der Waals surface area contributed by atoms with Crippen molar-refractivity contribution in [3.8, 4) is 0 Å². The summed E-state index contributed by atoms with van der Waals surface area (Å²) in [6.45, 7) is 10.6. The van der Waals surface area contributed by atoms with Crippen molar-refractivity contribution in [3.05, 3.63) is 12.2 Å². The number of hydrogen-bond acceptors (Lipinski definition) is 5. The second-order valence-corrected chi connectivity index (χ2v) is 4.50. The van der Waals surface area contributed by atoms with E-state index in [2.05, 4.69) is 6.58 Å². The molecule has 18 heavy (non-hydrogen) atoms. The molecule has 1 unspecified atom stereocenters. The maximum atomic E-state index is 11.5. The molecule has 0 aromatic rings. The van der Waals surface area contributed by atoms with Gasteiger partial charge in [0.15, 0.2) is 0 Å². The molecule has 0 radical (unpaired) electrons. The Morgan fingerprint density at radius 3 is 2.44 bits per heavy atom. The summed E-state index contributed by atoms with van der Waals surface area (Å²) in [7, 11) is 1.38. The zero-order valence-electron chi connectivity index (χ0n) is 11.8. The first-order valence-corrected chi connectivity index (χ1v) is 6.01. The third-order valence-corrected chi connectivity index (χ3v) is 2.58. The molecule has 0 saturated carbocycles. The number of rotatable bonds is 10. The number of ether oxygens (including phenoxy) is 2. The summed E-state index contributed by atoms with van der Waals surface area (Å²) >= 11 is 0. The molecule has 0 heterocycles. The first kappa shape index (κ1) is 17.1. The predicted octanol–water partition coefficient (Wildman–Crippen LogP) is 2.12. The highest BCUT2D eigenvalue weighted by Gasteiger charge is 2.32. The van der Waals surface area contributed by atoms with E-state index < -0.39 is 5.41 Å². The molecule has 0 aromatic heterocycles. The standard InChI is InChI=1S/C13H24O5/c1-6-13(4,12(14)15-5)10-16-7-8-17-18-9-11(2)3/h2,6-10H2,1,3-5H3. The van der Waals surface area contributed by atoms with Crippen molar-refractivity contribution < 1.29 is 24.0 Å². The molecule has 0 fully saturated rings. The Labute approximate surface area is 109 Å². The molecule has 5 heteroatoms. The van der Waals surface area contributed by atoms with Crippen molar-refractivity contribution in [2.24, 2.45) is 5.41 Å². The van der Waals surface area contributed by atoms with E-state index in [1.165, 1.54) is 7.11 Å². The van der Waals surface area contributed by atoms with Crippen LogP contribution in [-0.2, 0) is 24.0 Å². The lowest BCUT2D eigenvalue weighted by atomic mass is 9.89. The lowest BCUT2D eigenvalue weighted by molar-refractivity contribution is -0.293. The second-order valence-electron chi connectivity index (χ2n) is 4.50. The van der Waals surface area contributed by atoms with Crippen molar-refractivity contribution in [2.75, 3.05) is 33.5 Å². The zero-order valence-corrected chi connectivity index (χ0v) is 11.8. The van der Waals surface area contributed by atoms with Gasteiger partial charge >= 0.3 is 5.97 Å². The largest absolute Gasteiger partial charge is 0.469 e. The summed E-state index contributed by atoms with van der Waals surface area (Å²) in [5.74, 6) is -0.260. The van der Waals surface area contributed by atoms with E-state index in [-0.39, 0.29) is 5.97 Å². The maximum Gasteiger partial charge on any atom is 0.313 e. The smallest absolute Gasteiger partial charge is 0.313 e. The predicted molar refractivity (Wildman–Crippen MR) is 68.0 cm³/mol. The average Bonchev–Trinajstić information content (AvgIpc) is 2.35. The SMILES string of the molecule is C=C(C)COOCCOCC(C)(CC)C(=O)OC. The molecular weight excluding hydrogens is 236 g/mol. The fourth-order valence-electron chi connectivity index (χ4n) is 1.14. The normalized spacial score (nSPS) is 14.0. The minimum absolute atomic E-state index is 0.260. The molecular formula is C13H24O5. The molecule has 0 bridgehead atoms. The fourth-order valence-corrected chi connectivity index (χ4v) is 1.14. The summed E-state index contributed by atoms with van der Waals surface area (Å²) in [5, 5.41) is 0. The van der Waals surface area contributed by atoms with Crippen LogP contribution in [0.2, 0.25) is 0 Å². The van der Waals surface area contributed by atoms with E-state index in [4.69, 9.17) is 19.2 Å². The van der Waals surface area contributed by atoms with Crippen LogP contribution in [0.3, 0.4) is 0 Å². The van der Waals surface area contributed by atoms with Crippen LogP contribution in [0.25, 0.3) is 0 Å². The number of carbonyl (C=O) groups is 1. The molecule has 0 amide bonds. The third-order valence-electron chi connectivity index (χ3n) is 2.58. The summed E-state index contributed by atoms with van der Waals surface area (Å²) in [4.78, 5) is 21.3. The molecule has 0 N–H and O–H groups in total. The van der Waals surface area contributed by atoms with Gasteiger partial charge in [-0.15, -0.1) is 0 Å². The van der Waals surface area contributed by atoms with E-state index >= 15 is 0 Å². The van der Waals surface area contributed by atoms with Gasteiger partial charge in [0.25, 0.3) is 0 Å². The number of methoxy groups -OCH3 is 1. The van der Waals surface area contributed by atoms with Gasteiger partial charge in [-0.2, -0.15) is 0 Å². The van der Waals surface area contributed by atoms with Crippen LogP contribution in [0, 0.1) is 5.41 Å². The van der Waals surface area contributed by atoms with Crippen LogP contribution in [0.1, 0.15) is 27.2 Å². The Bertz CT molecular complexity index is 264. The highest BCUT2D eigenvalue weighted by molar-refractivity contribution is 5.76. The van der Waals surface area contributed by atoms with E-state index in [0.29, 0.717) is 32.8 Å². The molecule has 1 atom stereocenters. The Kier molecular flexibility index (Phi) is 8.62. The Morgan fingerprint density at radius 2 is 1.94 bits per heavy atom. The first-order chi connectivity index (χ1) is 8.46. The Hall–Kier alpha value is -0.910. The topological polar surface area (TPSA) is 54.0 Å². The third kappa shape index (κ3) is 6.74. The van der Waals surface area contributed by atoms with Crippen LogP contribution in [0.5, 0.6) is 0 Å². The monoisotopic (exact) mass is 260 g/mol. The lowest BCUT2D eigenvalue weighted by Crippen LogP contribution is -2.33. The average molecular weight is 260 g/mol. The van der Waals surface area contributed by atoms with Gasteiger partial charge in [0.05, 0.1) is 25.7 Å². The zero-order chi connectivity index (χ0) is 14.0. The van der Waals surface area contributed by atoms with Crippen LogP contribution >= 0.6 is 0 Å². The van der Waals surface area contributed by atoms with Gasteiger partial charge in [-0.3, -0.25) is 4.79 Å². The van der Waals surface area contributed by atoms with Crippen molar-refractivity contribution >= 4 is 5.97 Å². The van der Waals surface area contributed by atoms with Gasteiger partial charge in [0.2, 0.25) is 0 Å². The second kappa shape index (κ2) is 9.08. The van der Waals surface area contributed by atoms with E-state index in [0.717, 1.165) is 5.57 Å². The van der Waals surface area contributed by atoms with E-state index in [1.54, 1.807) is 0 Å². The molecule has 0 saturated heterocycles. The number of carbonyl (C=O) groups excluding carboxylic acids is 1. The molecule has 106 valence electrons. The van der Waals surface area contributed by atoms with Crippen molar-refractivity contribution in [1.29, 1.82) is 0 Å². The summed E-state index contributed by atoms with van der Waals surface area (Å²) in [5.41, 5.74) is 0.285. The summed E-state index contributed by atoms with van der Waals surface area (Å²) in [6.07, 6.45) is 0.659. The van der Waals surface area contributed by atoms with Gasteiger partial charge in [0, 0.05) is 0 Å². The number of esters is 1. The highest BCUT2D eigenvalue weighted by atomic mass is 17.2. The molecule has 0 aromatic carbocycles. The maximum absolute atomic E-state index is 11.5. The summed E-state index contributed by atoms with van der Waals surface area (Å²) in [6, 6.07) is 0. The molecule has 0 aliphatic heterocycles. The Morgan fingerprint density at radius 1 is 1.28 bits per heavy atom. The molecule has 5 nitrogen and oxygen atoms in total. The minimum atomic E-state index is -0.604. The molecule has 0 spiro atoms.